The van der Waals surface area contributed by atoms with Gasteiger partial charge in [-0.3, -0.25) is 14.2 Å². The van der Waals surface area contributed by atoms with Gasteiger partial charge < -0.3 is 9.64 Å². The molecule has 0 radical (unpaired) electrons. The lowest BCUT2D eigenvalue weighted by Crippen LogP contribution is -2.33. The van der Waals surface area contributed by atoms with Gasteiger partial charge in [0, 0.05) is 20.2 Å². The number of carbonyl (C=O) groups excluding carboxylic acids is 1. The Morgan fingerprint density at radius 3 is 2.48 bits per heavy atom. The topological polar surface area (TPSA) is 64.4 Å². The van der Waals surface area contributed by atoms with Gasteiger partial charge in [0.25, 0.3) is 5.56 Å². The van der Waals surface area contributed by atoms with E-state index in [1.54, 1.807) is 17.7 Å². The van der Waals surface area contributed by atoms with E-state index >= 15 is 0 Å². The normalized spacial score (nSPS) is 15.9. The van der Waals surface area contributed by atoms with Crippen LogP contribution in [0.1, 0.15) is 36.6 Å². The molecule has 0 saturated carbocycles. The molecule has 2 heterocycles. The molecule has 3 aromatic rings. The van der Waals surface area contributed by atoms with Crippen LogP contribution in [0.15, 0.2) is 64.5 Å². The Kier molecular flexibility index (Phi) is 6.73. The molecule has 0 aliphatic carbocycles. The number of aromatic nitrogens is 2. The highest BCUT2D eigenvalue weighted by Crippen LogP contribution is 2.37. The fourth-order valence-electron chi connectivity index (χ4n) is 4.01. The van der Waals surface area contributed by atoms with Gasteiger partial charge in [-0.25, -0.2) is 4.98 Å². The van der Waals surface area contributed by atoms with Gasteiger partial charge in [0.15, 0.2) is 5.16 Å². The first-order valence-electron chi connectivity index (χ1n) is 10.6. The van der Waals surface area contributed by atoms with Crippen molar-refractivity contribution in [1.29, 1.82) is 0 Å². The first kappa shape index (κ1) is 21.6. The third-order valence-electron chi connectivity index (χ3n) is 5.59. The maximum absolute atomic E-state index is 13.5. The quantitative estimate of drug-likeness (QED) is 0.412. The zero-order valence-corrected chi connectivity index (χ0v) is 18.7. The minimum Gasteiger partial charge on any atom is -0.383 e. The number of likely N-dealkylation sites (tertiary alicyclic amines) is 1. The predicted octanol–water partition coefficient (Wildman–Crippen LogP) is 4.06. The van der Waals surface area contributed by atoms with Crippen LogP contribution in [0.5, 0.6) is 0 Å². The van der Waals surface area contributed by atoms with Gasteiger partial charge in [-0.2, -0.15) is 0 Å². The Labute approximate surface area is 186 Å². The van der Waals surface area contributed by atoms with Crippen molar-refractivity contribution in [3.05, 3.63) is 70.5 Å². The Morgan fingerprint density at radius 2 is 1.77 bits per heavy atom. The molecular weight excluding hydrogens is 410 g/mol. The smallest absolute Gasteiger partial charge is 0.262 e. The van der Waals surface area contributed by atoms with Gasteiger partial charge >= 0.3 is 0 Å². The van der Waals surface area contributed by atoms with Crippen molar-refractivity contribution in [1.82, 2.24) is 14.5 Å². The summed E-state index contributed by atoms with van der Waals surface area (Å²) in [5.41, 5.74) is 1.44. The molecule has 31 heavy (non-hydrogen) atoms. The maximum Gasteiger partial charge on any atom is 0.262 e. The molecule has 0 spiro atoms. The first-order chi connectivity index (χ1) is 15.1. The van der Waals surface area contributed by atoms with E-state index in [4.69, 9.17) is 9.72 Å². The van der Waals surface area contributed by atoms with Gasteiger partial charge in [0.05, 0.1) is 23.6 Å². The van der Waals surface area contributed by atoms with Gasteiger partial charge in [-0.15, -0.1) is 0 Å². The molecule has 1 saturated heterocycles. The predicted molar refractivity (Wildman–Crippen MR) is 123 cm³/mol. The number of hydrogen-bond donors (Lipinski definition) is 0. The van der Waals surface area contributed by atoms with E-state index in [1.165, 1.54) is 11.8 Å². The van der Waals surface area contributed by atoms with Crippen molar-refractivity contribution >= 4 is 28.6 Å². The van der Waals surface area contributed by atoms with Crippen LogP contribution in [0, 0.1) is 0 Å². The van der Waals surface area contributed by atoms with Crippen LogP contribution in [0.3, 0.4) is 0 Å². The van der Waals surface area contributed by atoms with E-state index < -0.39 is 5.25 Å². The van der Waals surface area contributed by atoms with Crippen LogP contribution in [0.4, 0.5) is 0 Å². The lowest BCUT2D eigenvalue weighted by atomic mass is 10.1. The standard InChI is InChI=1S/C24H27N3O3S/c1-17(16-30-2)27-22(28)19-12-6-7-13-20(19)25-24(27)31-21(18-10-4-3-5-11-18)23(29)26-14-8-9-15-26/h3-7,10-13,17,21H,8-9,14-16H2,1-2H3/t17-,21-/m0/s1. The minimum absolute atomic E-state index is 0.0713. The number of carbonyl (C=O) groups is 1. The number of fused-ring (bicyclic) bond motifs is 1. The Bertz CT molecular complexity index is 1110. The van der Waals surface area contributed by atoms with Crippen molar-refractivity contribution in [2.24, 2.45) is 0 Å². The molecular formula is C24H27N3O3S. The second-order valence-electron chi connectivity index (χ2n) is 7.83. The van der Waals surface area contributed by atoms with Gasteiger partial charge in [-0.05, 0) is 37.5 Å². The molecule has 1 aliphatic rings. The highest BCUT2D eigenvalue weighted by atomic mass is 32.2. The number of benzene rings is 2. The number of hydrogen-bond acceptors (Lipinski definition) is 5. The van der Waals surface area contributed by atoms with Crippen LogP contribution < -0.4 is 5.56 Å². The molecule has 0 unspecified atom stereocenters. The van der Waals surface area contributed by atoms with Gasteiger partial charge in [0.2, 0.25) is 5.91 Å². The number of nitrogens with zero attached hydrogens (tertiary/aromatic N) is 3. The highest BCUT2D eigenvalue weighted by Gasteiger charge is 2.31. The molecule has 0 N–H and O–H groups in total. The molecule has 6 nitrogen and oxygen atoms in total. The second kappa shape index (κ2) is 9.66. The van der Waals surface area contributed by atoms with Crippen LogP contribution >= 0.6 is 11.8 Å². The van der Waals surface area contributed by atoms with Crippen LogP contribution in [-0.4, -0.2) is 47.2 Å². The number of ether oxygens (including phenoxy) is 1. The number of amides is 1. The number of para-hydroxylation sites is 1. The van der Waals surface area contributed by atoms with Crippen molar-refractivity contribution in [3.8, 4) is 0 Å². The molecule has 4 rings (SSSR count). The third kappa shape index (κ3) is 4.52. The number of methoxy groups -OCH3 is 1. The molecule has 2 atom stereocenters. The molecule has 1 amide bonds. The van der Waals surface area contributed by atoms with Crippen LogP contribution in [-0.2, 0) is 9.53 Å². The van der Waals surface area contributed by atoms with E-state index in [2.05, 4.69) is 0 Å². The molecule has 1 fully saturated rings. The Morgan fingerprint density at radius 1 is 1.10 bits per heavy atom. The van der Waals surface area contributed by atoms with Crippen molar-refractivity contribution < 1.29 is 9.53 Å². The Balaban J connectivity index is 1.82. The van der Waals surface area contributed by atoms with E-state index in [9.17, 15) is 9.59 Å². The summed E-state index contributed by atoms with van der Waals surface area (Å²) in [6.07, 6.45) is 2.06. The molecule has 2 aromatic carbocycles. The zero-order valence-electron chi connectivity index (χ0n) is 17.9. The fourth-order valence-corrected chi connectivity index (χ4v) is 5.29. The van der Waals surface area contributed by atoms with E-state index in [1.807, 2.05) is 60.4 Å². The zero-order chi connectivity index (χ0) is 21.8. The van der Waals surface area contributed by atoms with Gasteiger partial charge in [0.1, 0.15) is 5.25 Å². The number of thioether (sulfide) groups is 1. The first-order valence-corrected chi connectivity index (χ1v) is 11.5. The third-order valence-corrected chi connectivity index (χ3v) is 6.80. The fraction of sp³-hybridized carbons (Fsp3) is 0.375. The average Bonchev–Trinajstić information content (AvgIpc) is 3.33. The van der Waals surface area contributed by atoms with Crippen LogP contribution in [0.25, 0.3) is 10.9 Å². The summed E-state index contributed by atoms with van der Waals surface area (Å²) < 4.78 is 7.00. The molecule has 1 aliphatic heterocycles. The summed E-state index contributed by atoms with van der Waals surface area (Å²) in [4.78, 5) is 33.6. The van der Waals surface area contributed by atoms with E-state index in [0.29, 0.717) is 22.7 Å². The minimum atomic E-state index is -0.464. The Hall–Kier alpha value is -2.64. The molecule has 0 bridgehead atoms. The monoisotopic (exact) mass is 437 g/mol. The van der Waals surface area contributed by atoms with E-state index in [0.717, 1.165) is 31.5 Å². The van der Waals surface area contributed by atoms with E-state index in [-0.39, 0.29) is 17.5 Å². The molecule has 7 heteroatoms. The van der Waals surface area contributed by atoms with Gasteiger partial charge in [-0.1, -0.05) is 54.2 Å². The van der Waals surface area contributed by atoms with Crippen molar-refractivity contribution in [2.75, 3.05) is 26.8 Å². The summed E-state index contributed by atoms with van der Waals surface area (Å²) in [5.74, 6) is 0.0713. The largest absolute Gasteiger partial charge is 0.383 e. The summed E-state index contributed by atoms with van der Waals surface area (Å²) in [6.45, 7) is 3.87. The van der Waals surface area contributed by atoms with Crippen molar-refractivity contribution in [2.45, 2.75) is 36.2 Å². The second-order valence-corrected chi connectivity index (χ2v) is 8.90. The molecule has 162 valence electrons. The highest BCUT2D eigenvalue weighted by molar-refractivity contribution is 8.00. The number of rotatable bonds is 7. The maximum atomic E-state index is 13.5. The summed E-state index contributed by atoms with van der Waals surface area (Å²) in [6, 6.07) is 16.9. The lowest BCUT2D eigenvalue weighted by Gasteiger charge is -2.25. The SMILES string of the molecule is COC[C@H](C)n1c(S[C@H](C(=O)N2CCCC2)c2ccccc2)nc2ccccc2c1=O. The average molecular weight is 438 g/mol. The summed E-state index contributed by atoms with van der Waals surface area (Å²) in [5, 5.41) is 0.639. The molecule has 1 aromatic heterocycles. The van der Waals surface area contributed by atoms with Crippen molar-refractivity contribution in [3.63, 3.8) is 0 Å². The summed E-state index contributed by atoms with van der Waals surface area (Å²) >= 11 is 1.35. The summed E-state index contributed by atoms with van der Waals surface area (Å²) in [7, 11) is 1.62. The lowest BCUT2D eigenvalue weighted by molar-refractivity contribution is -0.129. The van der Waals surface area contributed by atoms with Crippen LogP contribution in [0.2, 0.25) is 0 Å².